The monoisotopic (exact) mass is 305 g/mol. The largest absolute Gasteiger partial charge is 0.457 e. The van der Waals surface area contributed by atoms with Gasteiger partial charge in [0.1, 0.15) is 11.5 Å². The predicted molar refractivity (Wildman–Crippen MR) is 79.5 cm³/mol. The number of ether oxygens (including phenoxy) is 1. The first-order valence-electron chi connectivity index (χ1n) is 6.10. The number of halogens is 1. The molecular weight excluding hydrogens is 294 g/mol. The maximum absolute atomic E-state index is 11.1. The fraction of sp³-hybridized carbons (Fsp3) is 0.133. The highest BCUT2D eigenvalue weighted by atomic mass is 35.5. The molecule has 21 heavy (non-hydrogen) atoms. The van der Waals surface area contributed by atoms with Gasteiger partial charge in [-0.1, -0.05) is 11.6 Å². The number of carbonyl (C=O) groups is 1. The number of nitro benzene ring substituents is 1. The van der Waals surface area contributed by atoms with E-state index in [9.17, 15) is 14.9 Å². The average molecular weight is 306 g/mol. The summed E-state index contributed by atoms with van der Waals surface area (Å²) in [6.45, 7) is 3.69. The van der Waals surface area contributed by atoms with Gasteiger partial charge in [0.25, 0.3) is 5.69 Å². The van der Waals surface area contributed by atoms with Crippen LogP contribution >= 0.6 is 11.6 Å². The van der Waals surface area contributed by atoms with Crippen LogP contribution in [0.2, 0.25) is 5.02 Å². The lowest BCUT2D eigenvalue weighted by atomic mass is 10.1. The van der Waals surface area contributed by atoms with Crippen molar-refractivity contribution in [3.8, 4) is 11.5 Å². The molecule has 0 saturated carbocycles. The number of aryl methyl sites for hydroxylation is 2. The van der Waals surface area contributed by atoms with Crippen LogP contribution in [0, 0.1) is 24.0 Å². The lowest BCUT2D eigenvalue weighted by molar-refractivity contribution is -0.384. The van der Waals surface area contributed by atoms with Crippen molar-refractivity contribution in [2.75, 3.05) is 0 Å². The minimum absolute atomic E-state index is 0.120. The molecule has 0 spiro atoms. The van der Waals surface area contributed by atoms with Gasteiger partial charge in [-0.25, -0.2) is 0 Å². The van der Waals surface area contributed by atoms with Gasteiger partial charge in [0.2, 0.25) is 0 Å². The minimum atomic E-state index is -0.562. The van der Waals surface area contributed by atoms with E-state index < -0.39 is 4.92 Å². The number of hydrogen-bond acceptors (Lipinski definition) is 4. The molecule has 2 rings (SSSR count). The third-order valence-electron chi connectivity index (χ3n) is 2.97. The molecule has 0 bridgehead atoms. The molecule has 0 aliphatic carbocycles. The van der Waals surface area contributed by atoms with Crippen LogP contribution < -0.4 is 4.74 Å². The maximum atomic E-state index is 11.1. The number of hydrogen-bond donors (Lipinski definition) is 0. The van der Waals surface area contributed by atoms with E-state index in [1.54, 1.807) is 12.1 Å². The summed E-state index contributed by atoms with van der Waals surface area (Å²) < 4.78 is 5.64. The highest BCUT2D eigenvalue weighted by Gasteiger charge is 2.13. The second-order valence-corrected chi connectivity index (χ2v) is 4.95. The quantitative estimate of drug-likeness (QED) is 0.475. The van der Waals surface area contributed by atoms with Crippen molar-refractivity contribution in [3.05, 3.63) is 62.2 Å². The Labute approximate surface area is 126 Å². The van der Waals surface area contributed by atoms with Gasteiger partial charge in [-0.3, -0.25) is 14.9 Å². The van der Waals surface area contributed by atoms with E-state index in [2.05, 4.69) is 0 Å². The van der Waals surface area contributed by atoms with Crippen LogP contribution in [0.1, 0.15) is 21.5 Å². The SMILES string of the molecule is Cc1cc(Oc2ccc([N+](=O)[O-])cc2C=O)cc(C)c1Cl. The smallest absolute Gasteiger partial charge is 0.270 e. The fourth-order valence-electron chi connectivity index (χ4n) is 1.93. The number of nitrogens with zero attached hydrogens (tertiary/aromatic N) is 1. The summed E-state index contributed by atoms with van der Waals surface area (Å²) in [5, 5.41) is 11.4. The van der Waals surface area contributed by atoms with Crippen LogP contribution in [-0.4, -0.2) is 11.2 Å². The molecule has 6 heteroatoms. The zero-order chi connectivity index (χ0) is 15.6. The number of carbonyl (C=O) groups excluding carboxylic acids is 1. The third kappa shape index (κ3) is 3.20. The molecule has 108 valence electrons. The molecule has 0 fully saturated rings. The van der Waals surface area contributed by atoms with E-state index in [0.29, 0.717) is 17.1 Å². The maximum Gasteiger partial charge on any atom is 0.270 e. The van der Waals surface area contributed by atoms with Crippen molar-refractivity contribution < 1.29 is 14.5 Å². The van der Waals surface area contributed by atoms with Crippen molar-refractivity contribution in [1.29, 1.82) is 0 Å². The first-order valence-corrected chi connectivity index (χ1v) is 6.48. The zero-order valence-electron chi connectivity index (χ0n) is 11.4. The van der Waals surface area contributed by atoms with E-state index in [1.165, 1.54) is 18.2 Å². The molecule has 5 nitrogen and oxygen atoms in total. The lowest BCUT2D eigenvalue weighted by Crippen LogP contribution is -1.95. The predicted octanol–water partition coefficient (Wildman–Crippen LogP) is 4.47. The van der Waals surface area contributed by atoms with Crippen molar-refractivity contribution in [1.82, 2.24) is 0 Å². The van der Waals surface area contributed by atoms with Crippen LogP contribution in [-0.2, 0) is 0 Å². The Kier molecular flexibility index (Phi) is 4.23. The molecule has 2 aromatic rings. The summed E-state index contributed by atoms with van der Waals surface area (Å²) in [6, 6.07) is 7.35. The standard InChI is InChI=1S/C15H12ClNO4/c1-9-5-13(6-10(2)15(9)16)21-14-4-3-12(17(19)20)7-11(14)8-18/h3-8H,1-2H3. The number of non-ortho nitro benzene ring substituents is 1. The molecule has 0 atom stereocenters. The third-order valence-corrected chi connectivity index (χ3v) is 3.57. The van der Waals surface area contributed by atoms with Crippen LogP contribution in [0.4, 0.5) is 5.69 Å². The van der Waals surface area contributed by atoms with Crippen LogP contribution in [0.5, 0.6) is 11.5 Å². The highest BCUT2D eigenvalue weighted by Crippen LogP contribution is 2.31. The summed E-state index contributed by atoms with van der Waals surface area (Å²) in [5.74, 6) is 0.781. The van der Waals surface area contributed by atoms with E-state index in [4.69, 9.17) is 16.3 Å². The molecule has 0 aliphatic rings. The molecule has 0 amide bonds. The summed E-state index contributed by atoms with van der Waals surface area (Å²) >= 11 is 6.08. The molecule has 0 saturated heterocycles. The Balaban J connectivity index is 2.40. The average Bonchev–Trinajstić information content (AvgIpc) is 2.44. The summed E-state index contributed by atoms with van der Waals surface area (Å²) in [7, 11) is 0. The first kappa shape index (κ1) is 15.0. The van der Waals surface area contributed by atoms with Gasteiger partial charge >= 0.3 is 0 Å². The van der Waals surface area contributed by atoms with Crippen molar-refractivity contribution in [3.63, 3.8) is 0 Å². The molecule has 0 aliphatic heterocycles. The number of aldehydes is 1. The van der Waals surface area contributed by atoms with E-state index in [0.717, 1.165) is 11.1 Å². The van der Waals surface area contributed by atoms with Crippen LogP contribution in [0.3, 0.4) is 0 Å². The Bertz CT molecular complexity index is 705. The molecule has 0 heterocycles. The number of nitro groups is 1. The lowest BCUT2D eigenvalue weighted by Gasteiger charge is -2.11. The molecular formula is C15H12ClNO4. The number of rotatable bonds is 4. The second-order valence-electron chi connectivity index (χ2n) is 4.57. The Morgan fingerprint density at radius 2 is 1.81 bits per heavy atom. The highest BCUT2D eigenvalue weighted by molar-refractivity contribution is 6.32. The Hall–Kier alpha value is -2.40. The Morgan fingerprint density at radius 3 is 2.33 bits per heavy atom. The molecule has 0 unspecified atom stereocenters. The molecule has 0 radical (unpaired) electrons. The Morgan fingerprint density at radius 1 is 1.19 bits per heavy atom. The zero-order valence-corrected chi connectivity index (χ0v) is 12.2. The number of benzene rings is 2. The summed E-state index contributed by atoms with van der Waals surface area (Å²) in [5.41, 5.74) is 1.66. The molecule has 2 aromatic carbocycles. The second kappa shape index (κ2) is 5.93. The van der Waals surface area contributed by atoms with Gasteiger partial charge in [0.15, 0.2) is 6.29 Å². The van der Waals surface area contributed by atoms with Crippen LogP contribution in [0.15, 0.2) is 30.3 Å². The van der Waals surface area contributed by atoms with Crippen molar-refractivity contribution >= 4 is 23.6 Å². The fourth-order valence-corrected chi connectivity index (χ4v) is 2.04. The molecule has 0 N–H and O–H groups in total. The summed E-state index contributed by atoms with van der Waals surface area (Å²) in [4.78, 5) is 21.2. The van der Waals surface area contributed by atoms with Gasteiger partial charge < -0.3 is 4.74 Å². The van der Waals surface area contributed by atoms with Crippen LogP contribution in [0.25, 0.3) is 0 Å². The van der Waals surface area contributed by atoms with Gasteiger partial charge in [0, 0.05) is 17.2 Å². The van der Waals surface area contributed by atoms with E-state index in [-0.39, 0.29) is 17.0 Å². The van der Waals surface area contributed by atoms with Gasteiger partial charge in [-0.15, -0.1) is 0 Å². The minimum Gasteiger partial charge on any atom is -0.457 e. The normalized spacial score (nSPS) is 10.2. The van der Waals surface area contributed by atoms with Crippen molar-refractivity contribution in [2.24, 2.45) is 0 Å². The molecule has 0 aromatic heterocycles. The van der Waals surface area contributed by atoms with E-state index in [1.807, 2.05) is 13.8 Å². The van der Waals surface area contributed by atoms with Crippen molar-refractivity contribution in [2.45, 2.75) is 13.8 Å². The van der Waals surface area contributed by atoms with Gasteiger partial charge in [-0.2, -0.15) is 0 Å². The van der Waals surface area contributed by atoms with Gasteiger partial charge in [0.05, 0.1) is 10.5 Å². The summed E-state index contributed by atoms with van der Waals surface area (Å²) in [6.07, 6.45) is 0.526. The van der Waals surface area contributed by atoms with Gasteiger partial charge in [-0.05, 0) is 43.2 Å². The first-order chi connectivity index (χ1) is 9.92. The topological polar surface area (TPSA) is 69.4 Å². The van der Waals surface area contributed by atoms with E-state index >= 15 is 0 Å².